The number of hydrogen-bond donors (Lipinski definition) is 1. The second kappa shape index (κ2) is 7.04. The lowest BCUT2D eigenvalue weighted by Crippen LogP contribution is -2.34. The van der Waals surface area contributed by atoms with Crippen molar-refractivity contribution in [1.29, 1.82) is 0 Å². The van der Waals surface area contributed by atoms with E-state index in [1.54, 1.807) is 17.0 Å². The van der Waals surface area contributed by atoms with Crippen molar-refractivity contribution in [1.82, 2.24) is 10.1 Å². The zero-order valence-electron chi connectivity index (χ0n) is 13.1. The van der Waals surface area contributed by atoms with Gasteiger partial charge in [-0.2, -0.15) is 0 Å². The molecule has 23 heavy (non-hydrogen) atoms. The number of anilines is 1. The van der Waals surface area contributed by atoms with Gasteiger partial charge in [-0.25, -0.2) is 4.79 Å². The number of amides is 2. The molecular formula is C17H20ClN3O2. The summed E-state index contributed by atoms with van der Waals surface area (Å²) in [4.78, 5) is 14.4. The van der Waals surface area contributed by atoms with Crippen LogP contribution in [0.1, 0.15) is 43.7 Å². The number of aryl methyl sites for hydroxylation is 1. The molecule has 1 fully saturated rings. The van der Waals surface area contributed by atoms with Crippen LogP contribution in [0, 0.1) is 0 Å². The Labute approximate surface area is 140 Å². The highest BCUT2D eigenvalue weighted by atomic mass is 35.5. The van der Waals surface area contributed by atoms with Crippen LogP contribution < -0.4 is 5.32 Å². The van der Waals surface area contributed by atoms with E-state index in [9.17, 15) is 4.79 Å². The van der Waals surface area contributed by atoms with Gasteiger partial charge in [0.25, 0.3) is 0 Å². The molecule has 0 radical (unpaired) electrons. The van der Waals surface area contributed by atoms with Crippen molar-refractivity contribution in [3.05, 3.63) is 46.8 Å². The first-order valence-electron chi connectivity index (χ1n) is 7.96. The maximum atomic E-state index is 12.6. The van der Waals surface area contributed by atoms with E-state index in [4.69, 9.17) is 16.1 Å². The molecule has 1 aliphatic heterocycles. The van der Waals surface area contributed by atoms with Gasteiger partial charge in [0.1, 0.15) is 11.5 Å². The van der Waals surface area contributed by atoms with Gasteiger partial charge in [-0.05, 0) is 31.4 Å². The summed E-state index contributed by atoms with van der Waals surface area (Å²) in [7, 11) is 0. The summed E-state index contributed by atoms with van der Waals surface area (Å²) >= 11 is 6.11. The number of nitrogens with zero attached hydrogens (tertiary/aromatic N) is 2. The molecule has 2 amide bonds. The van der Waals surface area contributed by atoms with E-state index < -0.39 is 0 Å². The van der Waals surface area contributed by atoms with Crippen molar-refractivity contribution in [2.24, 2.45) is 0 Å². The minimum atomic E-state index is -0.152. The number of halogens is 1. The lowest BCUT2D eigenvalue weighted by atomic mass is 10.1. The molecule has 2 heterocycles. The first-order valence-corrected chi connectivity index (χ1v) is 8.34. The largest absolute Gasteiger partial charge is 0.361 e. The van der Waals surface area contributed by atoms with Crippen molar-refractivity contribution in [2.45, 2.75) is 38.6 Å². The van der Waals surface area contributed by atoms with Gasteiger partial charge < -0.3 is 14.7 Å². The Kier molecular flexibility index (Phi) is 4.86. The van der Waals surface area contributed by atoms with Crippen molar-refractivity contribution in [2.75, 3.05) is 11.9 Å². The minimum absolute atomic E-state index is 0.0353. The van der Waals surface area contributed by atoms with Crippen LogP contribution in [0.2, 0.25) is 5.02 Å². The standard InChI is InChI=1S/C17H20ClN3O2/c1-2-6-12-11-15(20-23-12)16-9-5-10-21(16)17(22)19-14-8-4-3-7-13(14)18/h3-4,7-8,11,16H,2,5-6,9-10H2,1H3,(H,19,22). The van der Waals surface area contributed by atoms with Gasteiger partial charge in [0.05, 0.1) is 16.8 Å². The van der Waals surface area contributed by atoms with Gasteiger partial charge in [-0.1, -0.05) is 35.8 Å². The Bertz CT molecular complexity index is 686. The molecule has 2 aromatic rings. The number of carbonyl (C=O) groups excluding carboxylic acids is 1. The molecule has 1 unspecified atom stereocenters. The highest BCUT2D eigenvalue weighted by Gasteiger charge is 2.32. The zero-order chi connectivity index (χ0) is 16.2. The summed E-state index contributed by atoms with van der Waals surface area (Å²) in [5.41, 5.74) is 1.46. The lowest BCUT2D eigenvalue weighted by molar-refractivity contribution is 0.204. The monoisotopic (exact) mass is 333 g/mol. The molecule has 3 rings (SSSR count). The lowest BCUT2D eigenvalue weighted by Gasteiger charge is -2.23. The molecule has 0 spiro atoms. The first kappa shape index (κ1) is 15.9. The van der Waals surface area contributed by atoms with Gasteiger partial charge in [-0.3, -0.25) is 0 Å². The van der Waals surface area contributed by atoms with Crippen molar-refractivity contribution in [3.63, 3.8) is 0 Å². The van der Waals surface area contributed by atoms with Crippen LogP contribution in [0.5, 0.6) is 0 Å². The minimum Gasteiger partial charge on any atom is -0.361 e. The summed E-state index contributed by atoms with van der Waals surface area (Å²) in [5, 5.41) is 7.56. The number of benzene rings is 1. The number of likely N-dealkylation sites (tertiary alicyclic amines) is 1. The fourth-order valence-corrected chi connectivity index (χ4v) is 3.10. The number of carbonyl (C=O) groups is 1. The van der Waals surface area contributed by atoms with E-state index in [-0.39, 0.29) is 12.1 Å². The zero-order valence-corrected chi connectivity index (χ0v) is 13.8. The normalized spacial score (nSPS) is 17.5. The van der Waals surface area contributed by atoms with E-state index in [0.717, 1.165) is 37.1 Å². The molecule has 1 saturated heterocycles. The number of urea groups is 1. The van der Waals surface area contributed by atoms with E-state index >= 15 is 0 Å². The van der Waals surface area contributed by atoms with E-state index in [1.807, 2.05) is 18.2 Å². The Morgan fingerprint density at radius 2 is 2.30 bits per heavy atom. The van der Waals surface area contributed by atoms with Crippen LogP contribution in [0.3, 0.4) is 0 Å². The fourth-order valence-electron chi connectivity index (χ4n) is 2.92. The van der Waals surface area contributed by atoms with Crippen LogP contribution in [0.25, 0.3) is 0 Å². The highest BCUT2D eigenvalue weighted by Crippen LogP contribution is 2.32. The molecule has 1 aromatic heterocycles. The molecule has 5 nitrogen and oxygen atoms in total. The van der Waals surface area contributed by atoms with Crippen LogP contribution in [-0.4, -0.2) is 22.6 Å². The van der Waals surface area contributed by atoms with E-state index in [2.05, 4.69) is 17.4 Å². The second-order valence-corrected chi connectivity index (χ2v) is 6.14. The summed E-state index contributed by atoms with van der Waals surface area (Å²) in [6, 6.07) is 9.01. The topological polar surface area (TPSA) is 58.4 Å². The van der Waals surface area contributed by atoms with Crippen LogP contribution in [-0.2, 0) is 6.42 Å². The van der Waals surface area contributed by atoms with Gasteiger partial charge >= 0.3 is 6.03 Å². The first-order chi connectivity index (χ1) is 11.2. The van der Waals surface area contributed by atoms with Crippen molar-refractivity contribution >= 4 is 23.3 Å². The fraction of sp³-hybridized carbons (Fsp3) is 0.412. The van der Waals surface area contributed by atoms with Crippen LogP contribution in [0.4, 0.5) is 10.5 Å². The molecule has 1 aromatic carbocycles. The number of nitrogens with one attached hydrogen (secondary N) is 1. The Morgan fingerprint density at radius 3 is 3.09 bits per heavy atom. The summed E-state index contributed by atoms with van der Waals surface area (Å²) in [6.07, 6.45) is 3.73. The Balaban J connectivity index is 1.73. The summed E-state index contributed by atoms with van der Waals surface area (Å²) in [6.45, 7) is 2.80. The molecule has 1 N–H and O–H groups in total. The SMILES string of the molecule is CCCc1cc(C2CCCN2C(=O)Nc2ccccc2Cl)no1. The molecular weight excluding hydrogens is 314 g/mol. The Hall–Kier alpha value is -2.01. The van der Waals surface area contributed by atoms with Gasteiger partial charge in [0, 0.05) is 19.0 Å². The van der Waals surface area contributed by atoms with E-state index in [0.29, 0.717) is 17.3 Å². The third-order valence-corrected chi connectivity index (χ3v) is 4.37. The Morgan fingerprint density at radius 1 is 1.48 bits per heavy atom. The average molecular weight is 334 g/mol. The maximum Gasteiger partial charge on any atom is 0.322 e. The number of para-hydroxylation sites is 1. The highest BCUT2D eigenvalue weighted by molar-refractivity contribution is 6.33. The predicted octanol–water partition coefficient (Wildman–Crippen LogP) is 4.65. The molecule has 122 valence electrons. The van der Waals surface area contributed by atoms with Gasteiger partial charge in [0.2, 0.25) is 0 Å². The molecule has 0 bridgehead atoms. The smallest absolute Gasteiger partial charge is 0.322 e. The average Bonchev–Trinajstić information content (AvgIpc) is 3.18. The maximum absolute atomic E-state index is 12.6. The third-order valence-electron chi connectivity index (χ3n) is 4.04. The quantitative estimate of drug-likeness (QED) is 0.886. The van der Waals surface area contributed by atoms with Gasteiger partial charge in [-0.15, -0.1) is 0 Å². The predicted molar refractivity (Wildman–Crippen MR) is 89.6 cm³/mol. The summed E-state index contributed by atoms with van der Waals surface area (Å²) < 4.78 is 5.35. The van der Waals surface area contributed by atoms with Crippen molar-refractivity contribution < 1.29 is 9.32 Å². The third kappa shape index (κ3) is 3.50. The van der Waals surface area contributed by atoms with Crippen molar-refractivity contribution in [3.8, 4) is 0 Å². The van der Waals surface area contributed by atoms with Gasteiger partial charge in [0.15, 0.2) is 0 Å². The second-order valence-electron chi connectivity index (χ2n) is 5.73. The van der Waals surface area contributed by atoms with Crippen LogP contribution in [0.15, 0.2) is 34.9 Å². The van der Waals surface area contributed by atoms with E-state index in [1.165, 1.54) is 0 Å². The number of hydrogen-bond acceptors (Lipinski definition) is 3. The number of aromatic nitrogens is 1. The molecule has 1 aliphatic rings. The van der Waals surface area contributed by atoms with Crippen LogP contribution >= 0.6 is 11.6 Å². The molecule has 0 saturated carbocycles. The molecule has 0 aliphatic carbocycles. The number of rotatable bonds is 4. The summed E-state index contributed by atoms with van der Waals surface area (Å²) in [5.74, 6) is 0.876. The molecule has 6 heteroatoms. The molecule has 1 atom stereocenters.